The van der Waals surface area contributed by atoms with Gasteiger partial charge in [0.15, 0.2) is 0 Å². The smallest absolute Gasteiger partial charge is 0.246 e. The molecule has 0 saturated carbocycles. The van der Waals surface area contributed by atoms with Crippen LogP contribution in [0.25, 0.3) is 10.7 Å². The Morgan fingerprint density at radius 3 is 2.73 bits per heavy atom. The molecule has 0 aliphatic rings. The van der Waals surface area contributed by atoms with Crippen molar-refractivity contribution in [1.82, 2.24) is 15.5 Å². The van der Waals surface area contributed by atoms with Gasteiger partial charge >= 0.3 is 0 Å². The van der Waals surface area contributed by atoms with Crippen molar-refractivity contribution in [2.75, 3.05) is 17.1 Å². The zero-order chi connectivity index (χ0) is 21.7. The standard InChI is InChI=1S/C20H24N4O4S2/c1-14-7-4-8-16(15(14)2)24(30(3,26)27)11-5-10-18(25)21-13-19-22-20(23-28-19)17-9-6-12-29-17/h4,6-9,12H,5,10-11,13H2,1-3H3,(H,21,25). The summed E-state index contributed by atoms with van der Waals surface area (Å²) in [6, 6.07) is 9.34. The van der Waals surface area contributed by atoms with Crippen molar-refractivity contribution in [2.45, 2.75) is 33.2 Å². The van der Waals surface area contributed by atoms with Crippen LogP contribution in [0.2, 0.25) is 0 Å². The number of aryl methyl sites for hydroxylation is 1. The Kier molecular flexibility index (Phi) is 6.88. The van der Waals surface area contributed by atoms with Gasteiger partial charge in [-0.2, -0.15) is 4.98 Å². The van der Waals surface area contributed by atoms with Crippen LogP contribution < -0.4 is 9.62 Å². The van der Waals surface area contributed by atoms with E-state index in [-0.39, 0.29) is 25.4 Å². The maximum atomic E-state index is 12.3. The van der Waals surface area contributed by atoms with E-state index in [2.05, 4.69) is 15.5 Å². The summed E-state index contributed by atoms with van der Waals surface area (Å²) in [6.07, 6.45) is 1.75. The van der Waals surface area contributed by atoms with Gasteiger partial charge in [-0.05, 0) is 48.9 Å². The summed E-state index contributed by atoms with van der Waals surface area (Å²) in [7, 11) is -3.46. The third-order valence-corrected chi connectivity index (χ3v) is 6.70. The third-order valence-electron chi connectivity index (χ3n) is 4.66. The highest BCUT2D eigenvalue weighted by molar-refractivity contribution is 7.92. The molecule has 8 nitrogen and oxygen atoms in total. The lowest BCUT2D eigenvalue weighted by Crippen LogP contribution is -2.32. The second kappa shape index (κ2) is 9.40. The van der Waals surface area contributed by atoms with E-state index >= 15 is 0 Å². The summed E-state index contributed by atoms with van der Waals surface area (Å²) in [6.45, 7) is 4.18. The van der Waals surface area contributed by atoms with Crippen molar-refractivity contribution in [2.24, 2.45) is 0 Å². The first-order chi connectivity index (χ1) is 14.3. The maximum absolute atomic E-state index is 12.3. The number of sulfonamides is 1. The van der Waals surface area contributed by atoms with Gasteiger partial charge in [-0.15, -0.1) is 11.3 Å². The monoisotopic (exact) mass is 448 g/mol. The second-order valence-corrected chi connectivity index (χ2v) is 9.78. The molecule has 3 rings (SSSR count). The molecule has 0 aliphatic heterocycles. The summed E-state index contributed by atoms with van der Waals surface area (Å²) in [5.74, 6) is 0.603. The number of amides is 1. The van der Waals surface area contributed by atoms with Crippen LogP contribution in [-0.4, -0.2) is 37.3 Å². The number of aromatic nitrogens is 2. The van der Waals surface area contributed by atoms with Crippen LogP contribution in [0, 0.1) is 13.8 Å². The summed E-state index contributed by atoms with van der Waals surface area (Å²) in [5.41, 5.74) is 2.57. The molecule has 0 unspecified atom stereocenters. The van der Waals surface area contributed by atoms with Crippen molar-refractivity contribution in [3.8, 4) is 10.7 Å². The zero-order valence-electron chi connectivity index (χ0n) is 17.1. The summed E-state index contributed by atoms with van der Waals surface area (Å²) < 4.78 is 31.1. The van der Waals surface area contributed by atoms with Crippen LogP contribution >= 0.6 is 11.3 Å². The Labute approximate surface area is 180 Å². The lowest BCUT2D eigenvalue weighted by molar-refractivity contribution is -0.121. The predicted octanol–water partition coefficient (Wildman–Crippen LogP) is 3.28. The molecule has 30 heavy (non-hydrogen) atoms. The molecule has 10 heteroatoms. The molecule has 2 aromatic heterocycles. The second-order valence-electron chi connectivity index (χ2n) is 6.92. The normalized spacial score (nSPS) is 11.4. The van der Waals surface area contributed by atoms with E-state index in [9.17, 15) is 13.2 Å². The van der Waals surface area contributed by atoms with E-state index in [1.54, 1.807) is 6.07 Å². The molecule has 3 aromatic rings. The van der Waals surface area contributed by atoms with Crippen LogP contribution in [0.15, 0.2) is 40.2 Å². The Balaban J connectivity index is 1.53. The number of carbonyl (C=O) groups excluding carboxylic acids is 1. The maximum Gasteiger partial charge on any atom is 0.246 e. The Morgan fingerprint density at radius 1 is 1.23 bits per heavy atom. The van der Waals surface area contributed by atoms with E-state index in [1.165, 1.54) is 21.9 Å². The number of nitrogens with zero attached hydrogens (tertiary/aromatic N) is 3. The number of carbonyl (C=O) groups is 1. The average Bonchev–Trinajstić information content (AvgIpc) is 3.37. The lowest BCUT2D eigenvalue weighted by Gasteiger charge is -2.24. The minimum absolute atomic E-state index is 0.129. The van der Waals surface area contributed by atoms with Gasteiger partial charge in [0.2, 0.25) is 27.6 Å². The van der Waals surface area contributed by atoms with Gasteiger partial charge in [0, 0.05) is 13.0 Å². The SMILES string of the molecule is Cc1cccc(N(CCCC(=O)NCc2nc(-c3cccs3)no2)S(C)(=O)=O)c1C. The van der Waals surface area contributed by atoms with Crippen LogP contribution in [-0.2, 0) is 21.4 Å². The number of hydrogen-bond acceptors (Lipinski definition) is 7. The van der Waals surface area contributed by atoms with E-state index in [4.69, 9.17) is 4.52 Å². The molecule has 160 valence electrons. The summed E-state index contributed by atoms with van der Waals surface area (Å²) in [5, 5.41) is 8.55. The first-order valence-corrected chi connectivity index (χ1v) is 12.2. The Morgan fingerprint density at radius 2 is 2.03 bits per heavy atom. The Hall–Kier alpha value is -2.72. The molecule has 1 N–H and O–H groups in total. The molecular weight excluding hydrogens is 424 g/mol. The number of rotatable bonds is 9. The Bertz CT molecular complexity index is 1110. The van der Waals surface area contributed by atoms with Crippen LogP contribution in [0.4, 0.5) is 5.69 Å². The van der Waals surface area contributed by atoms with Gasteiger partial charge in [0.05, 0.1) is 23.4 Å². The predicted molar refractivity (Wildman–Crippen MR) is 117 cm³/mol. The highest BCUT2D eigenvalue weighted by Gasteiger charge is 2.20. The molecular formula is C20H24N4O4S2. The molecule has 0 radical (unpaired) electrons. The van der Waals surface area contributed by atoms with Crippen molar-refractivity contribution in [1.29, 1.82) is 0 Å². The molecule has 1 amide bonds. The molecule has 1 aromatic carbocycles. The molecule has 0 atom stereocenters. The van der Waals surface area contributed by atoms with Gasteiger partial charge < -0.3 is 9.84 Å². The van der Waals surface area contributed by atoms with Gasteiger partial charge in [0.25, 0.3) is 0 Å². The van der Waals surface area contributed by atoms with Crippen LogP contribution in [0.1, 0.15) is 29.9 Å². The van der Waals surface area contributed by atoms with Crippen LogP contribution in [0.3, 0.4) is 0 Å². The largest absolute Gasteiger partial charge is 0.347 e. The molecule has 0 bridgehead atoms. The highest BCUT2D eigenvalue weighted by Crippen LogP contribution is 2.25. The number of thiophene rings is 1. The van der Waals surface area contributed by atoms with Gasteiger partial charge in [-0.3, -0.25) is 9.10 Å². The molecule has 0 fully saturated rings. The first kappa shape index (κ1) is 22.0. The van der Waals surface area contributed by atoms with E-state index in [0.29, 0.717) is 23.8 Å². The van der Waals surface area contributed by atoms with Crippen molar-refractivity contribution in [3.63, 3.8) is 0 Å². The minimum atomic E-state index is -3.46. The molecule has 0 saturated heterocycles. The van der Waals surface area contributed by atoms with Crippen LogP contribution in [0.5, 0.6) is 0 Å². The fourth-order valence-corrected chi connectivity index (χ4v) is 4.61. The molecule has 2 heterocycles. The number of hydrogen-bond donors (Lipinski definition) is 1. The number of nitrogens with one attached hydrogen (secondary N) is 1. The van der Waals surface area contributed by atoms with E-state index in [0.717, 1.165) is 16.0 Å². The summed E-state index contributed by atoms with van der Waals surface area (Å²) in [4.78, 5) is 17.3. The van der Waals surface area contributed by atoms with Gasteiger partial charge in [0.1, 0.15) is 0 Å². The lowest BCUT2D eigenvalue weighted by atomic mass is 10.1. The zero-order valence-corrected chi connectivity index (χ0v) is 18.7. The van der Waals surface area contributed by atoms with Gasteiger partial charge in [-0.25, -0.2) is 8.42 Å². The summed E-state index contributed by atoms with van der Waals surface area (Å²) >= 11 is 1.50. The fourth-order valence-electron chi connectivity index (χ4n) is 2.95. The highest BCUT2D eigenvalue weighted by atomic mass is 32.2. The number of anilines is 1. The molecule has 0 spiro atoms. The van der Waals surface area contributed by atoms with Crippen molar-refractivity contribution >= 4 is 33.0 Å². The van der Waals surface area contributed by atoms with Crippen molar-refractivity contribution < 1.29 is 17.7 Å². The minimum Gasteiger partial charge on any atom is -0.347 e. The average molecular weight is 449 g/mol. The quantitative estimate of drug-likeness (QED) is 0.539. The first-order valence-electron chi connectivity index (χ1n) is 9.43. The third kappa shape index (κ3) is 5.45. The van der Waals surface area contributed by atoms with Gasteiger partial charge in [-0.1, -0.05) is 23.4 Å². The van der Waals surface area contributed by atoms with E-state index in [1.807, 2.05) is 43.5 Å². The van der Waals surface area contributed by atoms with E-state index < -0.39 is 10.0 Å². The number of benzene rings is 1. The fraction of sp³-hybridized carbons (Fsp3) is 0.350. The van der Waals surface area contributed by atoms with Crippen molar-refractivity contribution in [3.05, 3.63) is 52.7 Å². The molecule has 0 aliphatic carbocycles. The topological polar surface area (TPSA) is 105 Å².